The summed E-state index contributed by atoms with van der Waals surface area (Å²) in [7, 11) is 0. The Kier molecular flexibility index (Phi) is 12.7. The maximum absolute atomic E-state index is 13.3. The van der Waals surface area contributed by atoms with Gasteiger partial charge in [0.1, 0.15) is 18.1 Å². The smallest absolute Gasteiger partial charge is 0.326 e. The van der Waals surface area contributed by atoms with Gasteiger partial charge < -0.3 is 43.6 Å². The highest BCUT2D eigenvalue weighted by molar-refractivity contribution is 5.94. The number of rotatable bonds is 16. The van der Waals surface area contributed by atoms with E-state index in [1.807, 2.05) is 0 Å². The molecule has 1 rings (SSSR count). The number of aliphatic carboxylic acids is 1. The molecule has 0 aromatic heterocycles. The lowest BCUT2D eigenvalue weighted by Crippen LogP contribution is -2.57. The monoisotopic (exact) mass is 499 g/mol. The molecule has 1 fully saturated rings. The van der Waals surface area contributed by atoms with E-state index in [1.165, 1.54) is 4.90 Å². The zero-order chi connectivity index (χ0) is 26.5. The molecular weight excluding hydrogens is 462 g/mol. The molecule has 14 nitrogen and oxygen atoms in total. The van der Waals surface area contributed by atoms with Crippen molar-refractivity contribution in [2.24, 2.45) is 22.9 Å². The highest BCUT2D eigenvalue weighted by atomic mass is 16.4. The number of nitrogens with one attached hydrogen (secondary N) is 2. The van der Waals surface area contributed by atoms with Crippen LogP contribution in [0.25, 0.3) is 0 Å². The summed E-state index contributed by atoms with van der Waals surface area (Å²) in [6.07, 6.45) is 1.71. The van der Waals surface area contributed by atoms with E-state index >= 15 is 0 Å². The fourth-order valence-electron chi connectivity index (χ4n) is 3.78. The first kappa shape index (κ1) is 29.8. The summed E-state index contributed by atoms with van der Waals surface area (Å²) in [5.74, 6) is -4.61. The van der Waals surface area contributed by atoms with E-state index in [9.17, 15) is 33.9 Å². The molecular formula is C21H37N7O7. The molecule has 0 aliphatic carbocycles. The number of carboxylic acids is 1. The molecule has 4 atom stereocenters. The number of likely N-dealkylation sites (tertiary alicyclic amines) is 1. The Balaban J connectivity index is 2.92. The molecule has 0 bridgehead atoms. The van der Waals surface area contributed by atoms with E-state index in [4.69, 9.17) is 22.9 Å². The van der Waals surface area contributed by atoms with E-state index in [0.29, 0.717) is 32.2 Å². The lowest BCUT2D eigenvalue weighted by molar-refractivity contribution is -0.145. The van der Waals surface area contributed by atoms with Crippen molar-refractivity contribution in [3.05, 3.63) is 0 Å². The number of amides is 5. The summed E-state index contributed by atoms with van der Waals surface area (Å²) >= 11 is 0. The minimum absolute atomic E-state index is 0.0867. The molecule has 0 radical (unpaired) electrons. The Morgan fingerprint density at radius 2 is 1.51 bits per heavy atom. The van der Waals surface area contributed by atoms with Crippen molar-refractivity contribution in [2.45, 2.75) is 82.0 Å². The molecule has 1 heterocycles. The van der Waals surface area contributed by atoms with Gasteiger partial charge in [-0.25, -0.2) is 4.79 Å². The lowest BCUT2D eigenvalue weighted by Gasteiger charge is -2.30. The number of nitrogens with zero attached hydrogens (tertiary/aromatic N) is 1. The van der Waals surface area contributed by atoms with E-state index < -0.39 is 59.7 Å². The van der Waals surface area contributed by atoms with Crippen LogP contribution in [0.4, 0.5) is 0 Å². The van der Waals surface area contributed by atoms with Crippen LogP contribution in [0.5, 0.6) is 0 Å². The summed E-state index contributed by atoms with van der Waals surface area (Å²) < 4.78 is 0. The standard InChI is InChI=1S/C21H37N7O7/c22-10-2-1-4-12(23)18(31)26-13(6-8-16(24)29)20(33)28-11-3-5-15(28)19(32)27-14(21(34)35)7-9-17(25)30/h12-15H,1-11,22-23H2,(H2,24,29)(H2,25,30)(H,26,31)(H,27,32)(H,34,35). The van der Waals surface area contributed by atoms with Crippen LogP contribution in [0.15, 0.2) is 0 Å². The maximum atomic E-state index is 13.3. The number of carbonyl (C=O) groups excluding carboxylic acids is 5. The summed E-state index contributed by atoms with van der Waals surface area (Å²) in [6.45, 7) is 0.652. The predicted octanol–water partition coefficient (Wildman–Crippen LogP) is -2.98. The topological polar surface area (TPSA) is 254 Å². The fourth-order valence-corrected chi connectivity index (χ4v) is 3.78. The first-order valence-corrected chi connectivity index (χ1v) is 11.6. The van der Waals surface area contributed by atoms with Crippen molar-refractivity contribution in [1.82, 2.24) is 15.5 Å². The van der Waals surface area contributed by atoms with Gasteiger partial charge in [0.25, 0.3) is 0 Å². The van der Waals surface area contributed by atoms with Gasteiger partial charge >= 0.3 is 5.97 Å². The largest absolute Gasteiger partial charge is 0.480 e. The number of carbonyl (C=O) groups is 6. The first-order valence-electron chi connectivity index (χ1n) is 11.6. The second kappa shape index (κ2) is 14.9. The van der Waals surface area contributed by atoms with Crippen molar-refractivity contribution < 1.29 is 33.9 Å². The zero-order valence-corrected chi connectivity index (χ0v) is 19.7. The third-order valence-corrected chi connectivity index (χ3v) is 5.73. The predicted molar refractivity (Wildman–Crippen MR) is 124 cm³/mol. The summed E-state index contributed by atoms with van der Waals surface area (Å²) in [4.78, 5) is 73.6. The van der Waals surface area contributed by atoms with Crippen LogP contribution in [0.1, 0.15) is 57.8 Å². The van der Waals surface area contributed by atoms with Crippen molar-refractivity contribution in [1.29, 1.82) is 0 Å². The van der Waals surface area contributed by atoms with Crippen molar-refractivity contribution in [2.75, 3.05) is 13.1 Å². The Morgan fingerprint density at radius 1 is 0.914 bits per heavy atom. The Labute approximate surface area is 203 Å². The summed E-state index contributed by atoms with van der Waals surface area (Å²) in [6, 6.07) is -4.37. The summed E-state index contributed by atoms with van der Waals surface area (Å²) in [5.41, 5.74) is 21.6. The molecule has 1 aliphatic rings. The van der Waals surface area contributed by atoms with Gasteiger partial charge in [-0.3, -0.25) is 24.0 Å². The highest BCUT2D eigenvalue weighted by Gasteiger charge is 2.39. The fraction of sp³-hybridized carbons (Fsp3) is 0.714. The van der Waals surface area contributed by atoms with Gasteiger partial charge in [-0.05, 0) is 45.1 Å². The number of nitrogens with two attached hydrogens (primary N) is 4. The quantitative estimate of drug-likeness (QED) is 0.107. The minimum atomic E-state index is -1.36. The number of primary amides is 2. The second-order valence-electron chi connectivity index (χ2n) is 8.55. The van der Waals surface area contributed by atoms with Crippen LogP contribution >= 0.6 is 0 Å². The van der Waals surface area contributed by atoms with E-state index in [-0.39, 0.29) is 38.6 Å². The van der Waals surface area contributed by atoms with Gasteiger partial charge in [0.05, 0.1) is 6.04 Å². The SMILES string of the molecule is NCCCCC(N)C(=O)NC(CCC(N)=O)C(=O)N1CCCC1C(=O)NC(CCC(N)=O)C(=O)O. The lowest BCUT2D eigenvalue weighted by atomic mass is 10.1. The average molecular weight is 500 g/mol. The third kappa shape index (κ3) is 10.3. The molecule has 0 aromatic rings. The molecule has 0 saturated carbocycles. The van der Waals surface area contributed by atoms with Gasteiger partial charge in [-0.2, -0.15) is 0 Å². The van der Waals surface area contributed by atoms with E-state index in [2.05, 4.69) is 10.6 Å². The molecule has 1 saturated heterocycles. The van der Waals surface area contributed by atoms with Gasteiger partial charge in [0.2, 0.25) is 29.5 Å². The van der Waals surface area contributed by atoms with Crippen LogP contribution in [-0.2, 0) is 28.8 Å². The Morgan fingerprint density at radius 3 is 2.06 bits per heavy atom. The molecule has 1 aliphatic heterocycles. The van der Waals surface area contributed by atoms with Gasteiger partial charge in [-0.1, -0.05) is 6.42 Å². The van der Waals surface area contributed by atoms with Gasteiger partial charge in [0, 0.05) is 19.4 Å². The maximum Gasteiger partial charge on any atom is 0.326 e. The van der Waals surface area contributed by atoms with Crippen molar-refractivity contribution >= 4 is 35.5 Å². The normalized spacial score (nSPS) is 17.8. The van der Waals surface area contributed by atoms with E-state index in [0.717, 1.165) is 0 Å². The van der Waals surface area contributed by atoms with Crippen LogP contribution in [0.2, 0.25) is 0 Å². The molecule has 14 heteroatoms. The van der Waals surface area contributed by atoms with Crippen LogP contribution in [-0.4, -0.2) is 82.8 Å². The van der Waals surface area contributed by atoms with Crippen molar-refractivity contribution in [3.8, 4) is 0 Å². The number of unbranched alkanes of at least 4 members (excludes halogenated alkanes) is 1. The van der Waals surface area contributed by atoms with Crippen LogP contribution in [0.3, 0.4) is 0 Å². The molecule has 0 aromatic carbocycles. The number of carboxylic acid groups (broad SMARTS) is 1. The molecule has 11 N–H and O–H groups in total. The van der Waals surface area contributed by atoms with Gasteiger partial charge in [-0.15, -0.1) is 0 Å². The third-order valence-electron chi connectivity index (χ3n) is 5.73. The first-order chi connectivity index (χ1) is 16.5. The minimum Gasteiger partial charge on any atom is -0.480 e. The van der Waals surface area contributed by atoms with Crippen molar-refractivity contribution in [3.63, 3.8) is 0 Å². The van der Waals surface area contributed by atoms with Crippen LogP contribution < -0.4 is 33.6 Å². The number of hydrogen-bond donors (Lipinski definition) is 7. The zero-order valence-electron chi connectivity index (χ0n) is 19.7. The Hall–Kier alpha value is -3.26. The second-order valence-corrected chi connectivity index (χ2v) is 8.55. The van der Waals surface area contributed by atoms with E-state index in [1.54, 1.807) is 0 Å². The summed E-state index contributed by atoms with van der Waals surface area (Å²) in [5, 5.41) is 14.2. The molecule has 4 unspecified atom stereocenters. The molecule has 5 amide bonds. The van der Waals surface area contributed by atoms with Crippen LogP contribution in [0, 0.1) is 0 Å². The molecule has 0 spiro atoms. The highest BCUT2D eigenvalue weighted by Crippen LogP contribution is 2.20. The Bertz CT molecular complexity index is 792. The number of hydrogen-bond acceptors (Lipinski definition) is 8. The molecule has 198 valence electrons. The average Bonchev–Trinajstić information content (AvgIpc) is 3.28. The van der Waals surface area contributed by atoms with Gasteiger partial charge in [0.15, 0.2) is 0 Å². The molecule has 35 heavy (non-hydrogen) atoms.